The Kier molecular flexibility index (Phi) is 7.67. The Bertz CT molecular complexity index is 1760. The predicted octanol–water partition coefficient (Wildman–Crippen LogP) is 8.04. The number of rotatable bonds is 3. The summed E-state index contributed by atoms with van der Waals surface area (Å²) in [4.78, 5) is 4.65. The Morgan fingerprint density at radius 1 is 0.538 bits per heavy atom. The molecule has 0 N–H and O–H groups in total. The fourth-order valence-electron chi connectivity index (χ4n) is 4.84. The largest absolute Gasteiger partial charge is 1.00 e. The van der Waals surface area contributed by atoms with Gasteiger partial charge >= 0.3 is 28.4 Å². The molecule has 0 saturated carbocycles. The van der Waals surface area contributed by atoms with Gasteiger partial charge in [-0.2, -0.15) is 0 Å². The zero-order chi connectivity index (χ0) is 26.1. The first-order valence-electron chi connectivity index (χ1n) is 13.0. The van der Waals surface area contributed by atoms with Crippen LogP contribution in [0.3, 0.4) is 0 Å². The molecule has 5 heteroatoms. The summed E-state index contributed by atoms with van der Waals surface area (Å²) >= 11 is 0. The SMILES string of the molecule is C1=[N+](c2ccccc2)c2ccccc2[N+]=1c1ccccc1.C[Si](C)(C)c1ccc2[n-]c3ccccc3c2c1.[Au+]. The van der Waals surface area contributed by atoms with Gasteiger partial charge in [0.1, 0.15) is 0 Å². The van der Waals surface area contributed by atoms with E-state index in [2.05, 4.69) is 125 Å². The summed E-state index contributed by atoms with van der Waals surface area (Å²) in [6.07, 6.45) is 0. The van der Waals surface area contributed by atoms with Gasteiger partial charge in [0.25, 0.3) is 11.4 Å². The Morgan fingerprint density at radius 2 is 1.03 bits per heavy atom. The van der Waals surface area contributed by atoms with Gasteiger partial charge in [0.2, 0.25) is 11.4 Å². The monoisotopic (exact) mass is 705 g/mol. The maximum absolute atomic E-state index is 4.65. The van der Waals surface area contributed by atoms with E-state index in [0.29, 0.717) is 0 Å². The summed E-state index contributed by atoms with van der Waals surface area (Å²) in [5, 5.41) is 4.09. The second-order valence-corrected chi connectivity index (χ2v) is 15.6. The van der Waals surface area contributed by atoms with Crippen molar-refractivity contribution in [2.24, 2.45) is 0 Å². The number of fused-ring (bicyclic) bond motifs is 4. The zero-order valence-electron chi connectivity index (χ0n) is 22.3. The van der Waals surface area contributed by atoms with Crippen LogP contribution in [-0.2, 0) is 22.4 Å². The molecule has 0 saturated heterocycles. The Labute approximate surface area is 246 Å². The quantitative estimate of drug-likeness (QED) is 0.135. The first kappa shape index (κ1) is 26.8. The standard InChI is InChI=1S/C19H14N2.C15H16NSi.Au/c1-3-9-16(10-4-1)20-15-21(17-11-5-2-6-12-17)19-14-8-7-13-18(19)20;1-17(2,3)11-8-9-15-13(10-11)12-6-4-5-7-14(12)16-15;/h1-14H;4-10H,1-3H3;/q+2;-1;+1. The summed E-state index contributed by atoms with van der Waals surface area (Å²) in [5.41, 5.74) is 6.75. The molecule has 5 aromatic carbocycles. The van der Waals surface area contributed by atoms with E-state index in [9.17, 15) is 0 Å². The number of hydrogen-bond donors (Lipinski definition) is 0. The number of para-hydroxylation sites is 5. The van der Waals surface area contributed by atoms with Crippen LogP contribution in [0.1, 0.15) is 0 Å². The summed E-state index contributed by atoms with van der Waals surface area (Å²) in [5.74, 6) is 0. The van der Waals surface area contributed by atoms with Crippen LogP contribution in [-0.4, -0.2) is 14.1 Å². The summed E-state index contributed by atoms with van der Waals surface area (Å²) in [6.45, 7) is 7.15. The van der Waals surface area contributed by atoms with Crippen molar-refractivity contribution in [1.82, 2.24) is 14.1 Å². The zero-order valence-corrected chi connectivity index (χ0v) is 25.4. The van der Waals surface area contributed by atoms with E-state index in [1.807, 2.05) is 42.5 Å². The Morgan fingerprint density at radius 3 is 1.59 bits per heavy atom. The normalized spacial score (nSPS) is 12.2. The van der Waals surface area contributed by atoms with Gasteiger partial charge < -0.3 is 4.98 Å². The smallest absolute Gasteiger partial charge is 0.657 e. The average molecular weight is 706 g/mol. The molecular formula is C34H30AuN3Si+2. The van der Waals surface area contributed by atoms with E-state index >= 15 is 0 Å². The third kappa shape index (κ3) is 5.39. The van der Waals surface area contributed by atoms with Crippen molar-refractivity contribution in [3.63, 3.8) is 0 Å². The molecule has 7 rings (SSSR count). The second-order valence-electron chi connectivity index (χ2n) is 10.5. The number of benzene rings is 5. The van der Waals surface area contributed by atoms with Crippen LogP contribution in [0.5, 0.6) is 0 Å². The van der Waals surface area contributed by atoms with Gasteiger partial charge in [-0.25, -0.2) is 0 Å². The molecule has 1 aromatic heterocycles. The number of nitrogens with zero attached hydrogens (tertiary/aromatic N) is 3. The molecule has 39 heavy (non-hydrogen) atoms. The molecule has 0 bridgehead atoms. The maximum Gasteiger partial charge on any atom is 1.00 e. The third-order valence-corrected chi connectivity index (χ3v) is 8.93. The van der Waals surface area contributed by atoms with Gasteiger partial charge in [-0.05, 0) is 19.9 Å². The van der Waals surface area contributed by atoms with Crippen LogP contribution in [0.2, 0.25) is 19.6 Å². The van der Waals surface area contributed by atoms with Crippen LogP contribution < -0.4 is 19.3 Å². The first-order chi connectivity index (χ1) is 18.5. The van der Waals surface area contributed by atoms with Crippen LogP contribution >= 0.6 is 0 Å². The fraction of sp³-hybridized carbons (Fsp3) is 0.0882. The second kappa shape index (κ2) is 11.2. The molecule has 3 nitrogen and oxygen atoms in total. The van der Waals surface area contributed by atoms with E-state index in [4.69, 9.17) is 0 Å². The molecule has 0 spiro atoms. The fourth-order valence-corrected chi connectivity index (χ4v) is 6.00. The van der Waals surface area contributed by atoms with E-state index < -0.39 is 8.07 Å². The minimum absolute atomic E-state index is 0. The summed E-state index contributed by atoms with van der Waals surface area (Å²) in [6, 6.07) is 47.6. The van der Waals surface area contributed by atoms with Crippen molar-refractivity contribution in [3.05, 3.63) is 127 Å². The van der Waals surface area contributed by atoms with E-state index in [1.54, 1.807) is 0 Å². The summed E-state index contributed by atoms with van der Waals surface area (Å²) in [7, 11) is -1.24. The molecule has 0 fully saturated rings. The van der Waals surface area contributed by atoms with Crippen LogP contribution in [0.4, 0.5) is 22.7 Å². The minimum atomic E-state index is -1.24. The van der Waals surface area contributed by atoms with Crippen molar-refractivity contribution in [1.29, 1.82) is 0 Å². The van der Waals surface area contributed by atoms with Crippen molar-refractivity contribution in [3.8, 4) is 0 Å². The van der Waals surface area contributed by atoms with Gasteiger partial charge in [-0.15, -0.1) is 11.0 Å². The van der Waals surface area contributed by atoms with Gasteiger partial charge in [-0.3, -0.25) is 0 Å². The van der Waals surface area contributed by atoms with E-state index in [-0.39, 0.29) is 22.4 Å². The maximum atomic E-state index is 4.65. The molecule has 0 aliphatic carbocycles. The minimum Gasteiger partial charge on any atom is -0.657 e. The van der Waals surface area contributed by atoms with Crippen LogP contribution in [0, 0.1) is 0 Å². The van der Waals surface area contributed by atoms with E-state index in [0.717, 1.165) is 33.8 Å². The Hall–Kier alpha value is -3.76. The molecule has 0 atom stereocenters. The molecule has 194 valence electrons. The van der Waals surface area contributed by atoms with Gasteiger partial charge in [0.05, 0.1) is 8.07 Å². The molecule has 1 aliphatic rings. The topological polar surface area (TPSA) is 20.1 Å². The first-order valence-corrected chi connectivity index (χ1v) is 16.5. The molecule has 6 aromatic rings. The van der Waals surface area contributed by atoms with Crippen molar-refractivity contribution in [2.45, 2.75) is 19.6 Å². The van der Waals surface area contributed by atoms with Crippen molar-refractivity contribution >= 4 is 63.8 Å². The molecule has 0 amide bonds. The van der Waals surface area contributed by atoms with Crippen LogP contribution in [0.25, 0.3) is 21.8 Å². The molecule has 0 radical (unpaired) electrons. The predicted molar refractivity (Wildman–Crippen MR) is 165 cm³/mol. The number of hydrogen-bond acceptors (Lipinski definition) is 0. The Balaban J connectivity index is 0.000000157. The van der Waals surface area contributed by atoms with Crippen molar-refractivity contribution < 1.29 is 22.4 Å². The van der Waals surface area contributed by atoms with Crippen molar-refractivity contribution in [2.75, 3.05) is 0 Å². The van der Waals surface area contributed by atoms with Crippen LogP contribution in [0.15, 0.2) is 127 Å². The third-order valence-electron chi connectivity index (χ3n) is 6.89. The van der Waals surface area contributed by atoms with Gasteiger partial charge in [-0.1, -0.05) is 116 Å². The molecular weight excluding hydrogens is 675 g/mol. The van der Waals surface area contributed by atoms with E-state index in [1.165, 1.54) is 16.0 Å². The molecule has 1 aliphatic heterocycles. The average Bonchev–Trinajstić information content (AvgIpc) is 3.52. The van der Waals surface area contributed by atoms with Gasteiger partial charge in [0, 0.05) is 36.4 Å². The van der Waals surface area contributed by atoms with Gasteiger partial charge in [0.15, 0.2) is 0 Å². The molecule has 2 heterocycles. The molecule has 0 unspecified atom stereocenters. The summed E-state index contributed by atoms with van der Waals surface area (Å²) < 4.78 is 4.20. The number of aromatic nitrogens is 1.